The molecule has 8 heteroatoms. The second-order valence-electron chi connectivity index (χ2n) is 7.44. The summed E-state index contributed by atoms with van der Waals surface area (Å²) >= 11 is 0. The second kappa shape index (κ2) is 10.2. The Kier molecular flexibility index (Phi) is 7.35. The molecule has 0 bridgehead atoms. The van der Waals surface area contributed by atoms with Gasteiger partial charge < -0.3 is 10.0 Å². The lowest BCUT2D eigenvalue weighted by molar-refractivity contribution is -0.135. The highest BCUT2D eigenvalue weighted by Crippen LogP contribution is 2.26. The first-order valence-corrected chi connectivity index (χ1v) is 10.2. The van der Waals surface area contributed by atoms with Crippen molar-refractivity contribution in [2.75, 3.05) is 26.2 Å². The number of carbonyl (C=O) groups excluding carboxylic acids is 1. The van der Waals surface area contributed by atoms with Crippen LogP contribution < -0.4 is 0 Å². The van der Waals surface area contributed by atoms with Crippen LogP contribution in [0.4, 0.5) is 0 Å². The zero-order valence-electron chi connectivity index (χ0n) is 16.9. The van der Waals surface area contributed by atoms with Crippen molar-refractivity contribution in [2.45, 2.75) is 45.2 Å². The van der Waals surface area contributed by atoms with Crippen molar-refractivity contribution in [1.29, 1.82) is 0 Å². The summed E-state index contributed by atoms with van der Waals surface area (Å²) in [7, 11) is 0. The second-order valence-corrected chi connectivity index (χ2v) is 7.44. The highest BCUT2D eigenvalue weighted by molar-refractivity contribution is 5.78. The minimum Gasteiger partial charge on any atom is -0.483 e. The molecule has 1 amide bonds. The van der Waals surface area contributed by atoms with Crippen LogP contribution in [0, 0.1) is 0 Å². The molecule has 156 valence electrons. The molecule has 2 aromatic rings. The van der Waals surface area contributed by atoms with E-state index in [-0.39, 0.29) is 18.4 Å². The summed E-state index contributed by atoms with van der Waals surface area (Å²) in [6.45, 7) is 5.85. The van der Waals surface area contributed by atoms with Gasteiger partial charge in [0.2, 0.25) is 5.91 Å². The number of carbonyl (C=O) groups is 2. The standard InChI is InChI=1S/C20H27N5O.CH2O2/c1-16-20-21-19(17-9-5-4-6-10-17)22-25(20)14-13-24(16)18(26)15-23-11-7-2-3-8-12-23;2-1-3/h4-6,9-10,16H,2-3,7-8,11-15H2,1H3;1H,(H,2,3)/t16-;/m0./s1. The van der Waals surface area contributed by atoms with Gasteiger partial charge in [0.25, 0.3) is 6.47 Å². The molecular weight excluding hydrogens is 370 g/mol. The third kappa shape index (κ3) is 5.20. The third-order valence-corrected chi connectivity index (χ3v) is 5.50. The largest absolute Gasteiger partial charge is 0.483 e. The average molecular weight is 399 g/mol. The monoisotopic (exact) mass is 399 g/mol. The predicted molar refractivity (Wildman–Crippen MR) is 109 cm³/mol. The zero-order chi connectivity index (χ0) is 20.6. The number of rotatable bonds is 3. The van der Waals surface area contributed by atoms with E-state index in [1.165, 1.54) is 25.7 Å². The molecule has 1 N–H and O–H groups in total. The number of fused-ring (bicyclic) bond motifs is 1. The summed E-state index contributed by atoms with van der Waals surface area (Å²) in [6, 6.07) is 9.99. The molecule has 1 fully saturated rings. The Hall–Kier alpha value is -2.74. The fourth-order valence-electron chi connectivity index (χ4n) is 3.99. The molecule has 4 rings (SSSR count). The highest BCUT2D eigenvalue weighted by Gasteiger charge is 2.31. The number of hydrogen-bond acceptors (Lipinski definition) is 5. The van der Waals surface area contributed by atoms with Gasteiger partial charge in [-0.25, -0.2) is 9.67 Å². The Morgan fingerprint density at radius 1 is 1.10 bits per heavy atom. The Bertz CT molecular complexity index is 800. The molecule has 1 atom stereocenters. The Morgan fingerprint density at radius 2 is 1.76 bits per heavy atom. The van der Waals surface area contributed by atoms with Gasteiger partial charge in [-0.15, -0.1) is 0 Å². The summed E-state index contributed by atoms with van der Waals surface area (Å²) in [6.07, 6.45) is 4.99. The predicted octanol–water partition coefficient (Wildman–Crippen LogP) is 2.43. The molecule has 0 radical (unpaired) electrons. The SMILES string of the molecule is C[C@H]1c2nc(-c3ccccc3)nn2CCN1C(=O)CN1CCCCCC1.O=CO. The maximum atomic E-state index is 12.9. The lowest BCUT2D eigenvalue weighted by Crippen LogP contribution is -2.46. The Morgan fingerprint density at radius 3 is 2.41 bits per heavy atom. The van der Waals surface area contributed by atoms with E-state index in [0.717, 1.165) is 30.3 Å². The first-order valence-electron chi connectivity index (χ1n) is 10.2. The van der Waals surface area contributed by atoms with E-state index in [1.54, 1.807) is 0 Å². The van der Waals surface area contributed by atoms with E-state index in [0.29, 0.717) is 19.6 Å². The lowest BCUT2D eigenvalue weighted by atomic mass is 10.2. The fourth-order valence-corrected chi connectivity index (χ4v) is 3.99. The fraction of sp³-hybridized carbons (Fsp3) is 0.524. The van der Waals surface area contributed by atoms with Gasteiger partial charge in [-0.05, 0) is 32.9 Å². The van der Waals surface area contributed by atoms with Gasteiger partial charge in [0.15, 0.2) is 5.82 Å². The van der Waals surface area contributed by atoms with Crippen molar-refractivity contribution in [2.24, 2.45) is 0 Å². The first-order chi connectivity index (χ1) is 14.1. The van der Waals surface area contributed by atoms with Gasteiger partial charge in [-0.1, -0.05) is 43.2 Å². The van der Waals surface area contributed by atoms with Crippen molar-refractivity contribution >= 4 is 12.4 Å². The number of nitrogens with zero attached hydrogens (tertiary/aromatic N) is 5. The maximum absolute atomic E-state index is 12.9. The van der Waals surface area contributed by atoms with Crippen molar-refractivity contribution in [3.8, 4) is 11.4 Å². The molecule has 2 aliphatic heterocycles. The highest BCUT2D eigenvalue weighted by atomic mass is 16.3. The molecule has 1 aromatic heterocycles. The number of likely N-dealkylation sites (tertiary alicyclic amines) is 1. The van der Waals surface area contributed by atoms with Crippen LogP contribution in [-0.4, -0.2) is 68.2 Å². The van der Waals surface area contributed by atoms with E-state index < -0.39 is 0 Å². The molecule has 0 unspecified atom stereocenters. The Labute approximate surface area is 171 Å². The number of hydrogen-bond donors (Lipinski definition) is 1. The molecule has 29 heavy (non-hydrogen) atoms. The molecule has 0 aliphatic carbocycles. The van der Waals surface area contributed by atoms with Crippen LogP contribution in [0.15, 0.2) is 30.3 Å². The first kappa shape index (κ1) is 21.0. The van der Waals surface area contributed by atoms with Crippen LogP contribution in [0.5, 0.6) is 0 Å². The number of aromatic nitrogens is 3. The van der Waals surface area contributed by atoms with Crippen LogP contribution in [0.1, 0.15) is 44.5 Å². The molecular formula is C21H29N5O3. The summed E-state index contributed by atoms with van der Waals surface area (Å²) in [4.78, 5) is 30.3. The molecule has 2 aliphatic rings. The lowest BCUT2D eigenvalue weighted by Gasteiger charge is -2.34. The molecule has 0 spiro atoms. The number of amides is 1. The van der Waals surface area contributed by atoms with Crippen molar-refractivity contribution in [3.05, 3.63) is 36.2 Å². The number of carboxylic acid groups (broad SMARTS) is 1. The van der Waals surface area contributed by atoms with Gasteiger partial charge in [0.1, 0.15) is 5.82 Å². The van der Waals surface area contributed by atoms with Gasteiger partial charge in [0.05, 0.1) is 19.1 Å². The summed E-state index contributed by atoms with van der Waals surface area (Å²) in [5.41, 5.74) is 1.02. The van der Waals surface area contributed by atoms with Crippen molar-refractivity contribution in [1.82, 2.24) is 24.6 Å². The van der Waals surface area contributed by atoms with Crippen LogP contribution in [-0.2, 0) is 16.1 Å². The topological polar surface area (TPSA) is 91.6 Å². The van der Waals surface area contributed by atoms with Gasteiger partial charge in [-0.3, -0.25) is 14.5 Å². The third-order valence-electron chi connectivity index (χ3n) is 5.50. The van der Waals surface area contributed by atoms with Crippen LogP contribution in [0.2, 0.25) is 0 Å². The smallest absolute Gasteiger partial charge is 0.290 e. The van der Waals surface area contributed by atoms with Gasteiger partial charge in [0, 0.05) is 12.1 Å². The van der Waals surface area contributed by atoms with E-state index >= 15 is 0 Å². The molecule has 1 saturated heterocycles. The molecule has 0 saturated carbocycles. The summed E-state index contributed by atoms with van der Waals surface area (Å²) in [5, 5.41) is 11.5. The van der Waals surface area contributed by atoms with Crippen LogP contribution in [0.25, 0.3) is 11.4 Å². The van der Waals surface area contributed by atoms with Crippen LogP contribution in [0.3, 0.4) is 0 Å². The van der Waals surface area contributed by atoms with Crippen molar-refractivity contribution < 1.29 is 14.7 Å². The normalized spacial score (nSPS) is 19.5. The van der Waals surface area contributed by atoms with E-state index in [2.05, 4.69) is 16.9 Å². The minimum absolute atomic E-state index is 0.0341. The van der Waals surface area contributed by atoms with E-state index in [1.807, 2.05) is 39.9 Å². The summed E-state index contributed by atoms with van der Waals surface area (Å²) < 4.78 is 1.96. The zero-order valence-corrected chi connectivity index (χ0v) is 16.9. The number of benzene rings is 1. The van der Waals surface area contributed by atoms with Gasteiger partial charge in [-0.2, -0.15) is 5.10 Å². The summed E-state index contributed by atoms with van der Waals surface area (Å²) in [5.74, 6) is 1.85. The minimum atomic E-state index is -0.250. The average Bonchev–Trinajstić information content (AvgIpc) is 3.01. The molecule has 8 nitrogen and oxygen atoms in total. The molecule has 3 heterocycles. The maximum Gasteiger partial charge on any atom is 0.290 e. The van der Waals surface area contributed by atoms with E-state index in [9.17, 15) is 4.79 Å². The van der Waals surface area contributed by atoms with E-state index in [4.69, 9.17) is 14.9 Å². The molecule has 1 aromatic carbocycles. The van der Waals surface area contributed by atoms with Crippen molar-refractivity contribution in [3.63, 3.8) is 0 Å². The Balaban J connectivity index is 0.000000755. The quantitative estimate of drug-likeness (QED) is 0.797. The van der Waals surface area contributed by atoms with Crippen LogP contribution >= 0.6 is 0 Å². The van der Waals surface area contributed by atoms with Gasteiger partial charge >= 0.3 is 0 Å².